The standard InChI is InChI=1S/C10H14N2O2/c1-6-8-3-2-7(4-8)5-9(13)11-12-10(6)14/h7-8H,1-5H2,(H,11,13)(H,12,14). The number of hydrogen-bond donors (Lipinski definition) is 2. The van der Waals surface area contributed by atoms with Crippen LogP contribution in [0.5, 0.6) is 0 Å². The molecule has 2 rings (SSSR count). The third-order valence-electron chi connectivity index (χ3n) is 3.12. The van der Waals surface area contributed by atoms with Gasteiger partial charge in [-0.3, -0.25) is 20.4 Å². The molecule has 1 saturated heterocycles. The molecule has 0 spiro atoms. The van der Waals surface area contributed by atoms with Crippen molar-refractivity contribution in [3.63, 3.8) is 0 Å². The summed E-state index contributed by atoms with van der Waals surface area (Å²) in [5.74, 6) is 0.349. The number of hydrazine groups is 1. The smallest absolute Gasteiger partial charge is 0.265 e. The lowest BCUT2D eigenvalue weighted by molar-refractivity contribution is -0.127. The maximum absolute atomic E-state index is 11.4. The second-order valence-electron chi connectivity index (χ2n) is 4.11. The topological polar surface area (TPSA) is 58.2 Å². The molecule has 76 valence electrons. The first-order valence-corrected chi connectivity index (χ1v) is 4.95. The van der Waals surface area contributed by atoms with Crippen molar-refractivity contribution in [3.8, 4) is 0 Å². The number of hydrogen-bond acceptors (Lipinski definition) is 2. The van der Waals surface area contributed by atoms with Crippen LogP contribution in [0.1, 0.15) is 25.7 Å². The van der Waals surface area contributed by atoms with Crippen molar-refractivity contribution in [3.05, 3.63) is 12.2 Å². The first kappa shape index (κ1) is 9.24. The van der Waals surface area contributed by atoms with Crippen LogP contribution in [0.4, 0.5) is 0 Å². The fourth-order valence-electron chi connectivity index (χ4n) is 2.28. The molecule has 2 fully saturated rings. The lowest BCUT2D eigenvalue weighted by Gasteiger charge is -2.11. The lowest BCUT2D eigenvalue weighted by atomic mass is 9.96. The molecule has 1 heterocycles. The van der Waals surface area contributed by atoms with Gasteiger partial charge in [0.05, 0.1) is 0 Å². The summed E-state index contributed by atoms with van der Waals surface area (Å²) in [6.45, 7) is 3.78. The van der Waals surface area contributed by atoms with E-state index >= 15 is 0 Å². The molecule has 2 aliphatic rings. The number of amides is 2. The molecule has 2 unspecified atom stereocenters. The van der Waals surface area contributed by atoms with Gasteiger partial charge >= 0.3 is 0 Å². The van der Waals surface area contributed by atoms with Gasteiger partial charge in [-0.1, -0.05) is 6.58 Å². The normalized spacial score (nSPS) is 32.7. The predicted octanol–water partition coefficient (Wildman–Crippen LogP) is 0.510. The molecule has 2 bridgehead atoms. The van der Waals surface area contributed by atoms with E-state index in [9.17, 15) is 9.59 Å². The molecule has 0 aromatic carbocycles. The van der Waals surface area contributed by atoms with E-state index in [0.29, 0.717) is 17.9 Å². The fraction of sp³-hybridized carbons (Fsp3) is 0.600. The van der Waals surface area contributed by atoms with Crippen LogP contribution in [0.25, 0.3) is 0 Å². The minimum Gasteiger partial charge on any atom is -0.273 e. The molecule has 4 nitrogen and oxygen atoms in total. The molecule has 0 aromatic heterocycles. The summed E-state index contributed by atoms with van der Waals surface area (Å²) in [7, 11) is 0. The zero-order valence-electron chi connectivity index (χ0n) is 8.01. The van der Waals surface area contributed by atoms with E-state index in [0.717, 1.165) is 19.3 Å². The highest BCUT2D eigenvalue weighted by Gasteiger charge is 2.32. The Morgan fingerprint density at radius 1 is 1.21 bits per heavy atom. The summed E-state index contributed by atoms with van der Waals surface area (Å²) in [5, 5.41) is 0. The van der Waals surface area contributed by atoms with Crippen molar-refractivity contribution >= 4 is 11.8 Å². The molecular weight excluding hydrogens is 180 g/mol. The Labute approximate surface area is 82.7 Å². The van der Waals surface area contributed by atoms with E-state index in [-0.39, 0.29) is 17.7 Å². The van der Waals surface area contributed by atoms with E-state index in [1.54, 1.807) is 0 Å². The van der Waals surface area contributed by atoms with Crippen LogP contribution >= 0.6 is 0 Å². The van der Waals surface area contributed by atoms with Crippen molar-refractivity contribution in [1.29, 1.82) is 0 Å². The van der Waals surface area contributed by atoms with Crippen molar-refractivity contribution in [2.75, 3.05) is 0 Å². The fourth-order valence-corrected chi connectivity index (χ4v) is 2.28. The third kappa shape index (κ3) is 1.64. The summed E-state index contributed by atoms with van der Waals surface area (Å²) >= 11 is 0. The second-order valence-corrected chi connectivity index (χ2v) is 4.11. The van der Waals surface area contributed by atoms with Crippen LogP contribution in [-0.4, -0.2) is 11.8 Å². The maximum atomic E-state index is 11.4. The molecule has 2 amide bonds. The van der Waals surface area contributed by atoms with Crippen LogP contribution in [0, 0.1) is 11.8 Å². The van der Waals surface area contributed by atoms with Gasteiger partial charge in [0, 0.05) is 12.0 Å². The van der Waals surface area contributed by atoms with Crippen LogP contribution < -0.4 is 10.9 Å². The summed E-state index contributed by atoms with van der Waals surface area (Å²) in [5.41, 5.74) is 5.37. The molecule has 2 N–H and O–H groups in total. The van der Waals surface area contributed by atoms with Crippen molar-refractivity contribution in [1.82, 2.24) is 10.9 Å². The number of nitrogens with one attached hydrogen (secondary N) is 2. The van der Waals surface area contributed by atoms with Gasteiger partial charge in [-0.15, -0.1) is 0 Å². The number of carbonyl (C=O) groups is 2. The second kappa shape index (κ2) is 3.44. The highest BCUT2D eigenvalue weighted by atomic mass is 16.2. The van der Waals surface area contributed by atoms with E-state index in [1.165, 1.54) is 0 Å². The Kier molecular flexibility index (Phi) is 2.27. The largest absolute Gasteiger partial charge is 0.273 e. The van der Waals surface area contributed by atoms with Gasteiger partial charge in [0.15, 0.2) is 0 Å². The Hall–Kier alpha value is -1.32. The molecule has 2 atom stereocenters. The van der Waals surface area contributed by atoms with E-state index < -0.39 is 0 Å². The minimum atomic E-state index is -0.245. The summed E-state index contributed by atoms with van der Waals surface area (Å²) < 4.78 is 0. The van der Waals surface area contributed by atoms with Gasteiger partial charge in [0.25, 0.3) is 5.91 Å². The molecule has 1 aliphatic heterocycles. The van der Waals surface area contributed by atoms with Gasteiger partial charge in [-0.05, 0) is 31.1 Å². The highest BCUT2D eigenvalue weighted by molar-refractivity contribution is 5.94. The summed E-state index contributed by atoms with van der Waals surface area (Å²) in [6, 6.07) is 0. The Balaban J connectivity index is 2.16. The van der Waals surface area contributed by atoms with Gasteiger partial charge < -0.3 is 0 Å². The van der Waals surface area contributed by atoms with Gasteiger partial charge in [0.2, 0.25) is 5.91 Å². The number of fused-ring (bicyclic) bond motifs is 2. The average Bonchev–Trinajstić information content (AvgIpc) is 2.61. The Morgan fingerprint density at radius 3 is 2.79 bits per heavy atom. The zero-order chi connectivity index (χ0) is 10.1. The molecule has 4 heteroatoms. The minimum absolute atomic E-state index is 0.0984. The van der Waals surface area contributed by atoms with Crippen molar-refractivity contribution in [2.45, 2.75) is 25.7 Å². The Bertz CT molecular complexity index is 298. The average molecular weight is 194 g/mol. The lowest BCUT2D eigenvalue weighted by Crippen LogP contribution is -2.42. The molecule has 14 heavy (non-hydrogen) atoms. The SMILES string of the molecule is C=C1C(=O)NNC(=O)CC2CCC1C2. The van der Waals surface area contributed by atoms with Crippen molar-refractivity contribution in [2.24, 2.45) is 11.8 Å². The predicted molar refractivity (Wildman–Crippen MR) is 50.9 cm³/mol. The monoisotopic (exact) mass is 194 g/mol. The molecule has 1 saturated carbocycles. The molecule has 1 aliphatic carbocycles. The Morgan fingerprint density at radius 2 is 2.00 bits per heavy atom. The first-order valence-electron chi connectivity index (χ1n) is 4.95. The first-order chi connectivity index (χ1) is 6.66. The van der Waals surface area contributed by atoms with Gasteiger partial charge in [0.1, 0.15) is 0 Å². The van der Waals surface area contributed by atoms with E-state index in [4.69, 9.17) is 0 Å². The van der Waals surface area contributed by atoms with Crippen LogP contribution in [0.15, 0.2) is 12.2 Å². The highest BCUT2D eigenvalue weighted by Crippen LogP contribution is 2.37. The zero-order valence-corrected chi connectivity index (χ0v) is 8.01. The van der Waals surface area contributed by atoms with Crippen molar-refractivity contribution < 1.29 is 9.59 Å². The maximum Gasteiger partial charge on any atom is 0.265 e. The summed E-state index contributed by atoms with van der Waals surface area (Å²) in [6.07, 6.45) is 3.47. The molecule has 0 aromatic rings. The third-order valence-corrected chi connectivity index (χ3v) is 3.12. The van der Waals surface area contributed by atoms with Crippen LogP contribution in [0.2, 0.25) is 0 Å². The van der Waals surface area contributed by atoms with Gasteiger partial charge in [-0.25, -0.2) is 0 Å². The van der Waals surface area contributed by atoms with E-state index in [2.05, 4.69) is 17.4 Å². The number of rotatable bonds is 0. The molecule has 0 radical (unpaired) electrons. The summed E-state index contributed by atoms with van der Waals surface area (Å²) in [4.78, 5) is 22.7. The van der Waals surface area contributed by atoms with E-state index in [1.807, 2.05) is 0 Å². The molecular formula is C10H14N2O2. The number of carbonyl (C=O) groups excluding carboxylic acids is 2. The van der Waals surface area contributed by atoms with Crippen LogP contribution in [0.3, 0.4) is 0 Å². The van der Waals surface area contributed by atoms with Gasteiger partial charge in [-0.2, -0.15) is 0 Å². The van der Waals surface area contributed by atoms with Crippen LogP contribution in [-0.2, 0) is 9.59 Å². The quantitative estimate of drug-likeness (QED) is 0.552.